The van der Waals surface area contributed by atoms with Crippen molar-refractivity contribution in [2.24, 2.45) is 0 Å². The third kappa shape index (κ3) is 7.06. The van der Waals surface area contributed by atoms with Crippen molar-refractivity contribution in [2.75, 3.05) is 4.90 Å². The van der Waals surface area contributed by atoms with E-state index in [1.54, 1.807) is 0 Å². The molecule has 0 saturated carbocycles. The first-order valence-corrected chi connectivity index (χ1v) is 20.1. The van der Waals surface area contributed by atoms with Crippen molar-refractivity contribution >= 4 is 66.4 Å². The van der Waals surface area contributed by atoms with Gasteiger partial charge in [0.25, 0.3) is 0 Å². The first kappa shape index (κ1) is 37.0. The summed E-state index contributed by atoms with van der Waals surface area (Å²) in [5.74, 6) is 0. The van der Waals surface area contributed by atoms with E-state index in [1.807, 2.05) is 48.5 Å². The molecule has 0 fully saturated rings. The minimum Gasteiger partial charge on any atom is -0.314 e. The van der Waals surface area contributed by atoms with Crippen LogP contribution in [-0.2, 0) is 0 Å². The largest absolute Gasteiger partial charge is 0.314 e. The van der Waals surface area contributed by atoms with E-state index in [1.165, 1.54) is 32.7 Å². The van der Waals surface area contributed by atoms with Crippen molar-refractivity contribution in [2.45, 2.75) is 20.3 Å². The van der Waals surface area contributed by atoms with Gasteiger partial charge in [0.05, 0.1) is 33.5 Å². The van der Waals surface area contributed by atoms with Crippen LogP contribution in [0.25, 0.3) is 83.0 Å². The molecule has 0 unspecified atom stereocenters. The molecule has 0 radical (unpaired) electrons. The van der Waals surface area contributed by atoms with Crippen LogP contribution in [0.1, 0.15) is 20.3 Å². The van der Waals surface area contributed by atoms with E-state index in [4.69, 9.17) is 9.97 Å². The Morgan fingerprint density at radius 3 is 1.69 bits per heavy atom. The molecule has 284 valence electrons. The molecule has 0 aliphatic heterocycles. The van der Waals surface area contributed by atoms with E-state index in [9.17, 15) is 0 Å². The minimum atomic E-state index is 0.860. The molecule has 0 bridgehead atoms. The molecule has 0 aliphatic rings. The normalized spacial score (nSPS) is 11.1. The van der Waals surface area contributed by atoms with Gasteiger partial charge in [-0.1, -0.05) is 141 Å². The highest BCUT2D eigenvalue weighted by molar-refractivity contribution is 6.13. The topological polar surface area (TPSA) is 34.0 Å². The second-order valence-electron chi connectivity index (χ2n) is 14.7. The van der Waals surface area contributed by atoms with Gasteiger partial charge in [-0.05, 0) is 102 Å². The lowest BCUT2D eigenvalue weighted by Crippen LogP contribution is -2.09. The summed E-state index contributed by atoms with van der Waals surface area (Å²) in [6.07, 6.45) is 2.96. The first-order chi connectivity index (χ1) is 29.0. The number of benzene rings is 8. The Kier molecular flexibility index (Phi) is 10.1. The van der Waals surface area contributed by atoms with Gasteiger partial charge in [0, 0.05) is 44.7 Å². The SMILES string of the molecule is C=C(C)n1c2ccc(-c3cccc4ccccc34)cc2c2cc(N(c3ccccc3)c3ccc(-c4nc5ccccc5nc4-c4ccccc4)cc3)ccc21.C=CCC. The number of hydrogen-bond acceptors (Lipinski definition) is 3. The summed E-state index contributed by atoms with van der Waals surface area (Å²) in [6, 6.07) is 66.4. The van der Waals surface area contributed by atoms with Gasteiger partial charge in [0.1, 0.15) is 0 Å². The van der Waals surface area contributed by atoms with Crippen LogP contribution >= 0.6 is 0 Å². The van der Waals surface area contributed by atoms with Gasteiger partial charge >= 0.3 is 0 Å². The van der Waals surface area contributed by atoms with E-state index in [-0.39, 0.29) is 0 Å². The molecule has 8 aromatic carbocycles. The highest BCUT2D eigenvalue weighted by Crippen LogP contribution is 2.42. The molecule has 0 atom stereocenters. The predicted molar refractivity (Wildman–Crippen MR) is 253 cm³/mol. The number of hydrogen-bond donors (Lipinski definition) is 0. The monoisotopic (exact) mass is 760 g/mol. The quantitative estimate of drug-likeness (QED) is 0.145. The van der Waals surface area contributed by atoms with Crippen molar-refractivity contribution in [3.63, 3.8) is 0 Å². The number of anilines is 3. The molecule has 2 heterocycles. The molecule has 10 rings (SSSR count). The number of aromatic nitrogens is 3. The number of allylic oxidation sites excluding steroid dienone is 2. The molecule has 4 heteroatoms. The maximum absolute atomic E-state index is 5.15. The summed E-state index contributed by atoms with van der Waals surface area (Å²) in [5.41, 5.74) is 14.4. The second kappa shape index (κ2) is 16.1. The molecule has 2 aromatic heterocycles. The molecule has 0 aliphatic carbocycles. The third-order valence-corrected chi connectivity index (χ3v) is 10.8. The molecule has 0 N–H and O–H groups in total. The zero-order valence-corrected chi connectivity index (χ0v) is 33.4. The highest BCUT2D eigenvalue weighted by atomic mass is 15.1. The van der Waals surface area contributed by atoms with Gasteiger partial charge in [-0.25, -0.2) is 9.97 Å². The van der Waals surface area contributed by atoms with E-state index in [0.29, 0.717) is 0 Å². The molecule has 59 heavy (non-hydrogen) atoms. The second-order valence-corrected chi connectivity index (χ2v) is 14.7. The zero-order chi connectivity index (χ0) is 40.3. The van der Waals surface area contributed by atoms with Crippen LogP contribution in [0, 0.1) is 0 Å². The summed E-state index contributed by atoms with van der Waals surface area (Å²) in [5, 5.41) is 4.85. The highest BCUT2D eigenvalue weighted by Gasteiger charge is 2.19. The fourth-order valence-corrected chi connectivity index (χ4v) is 8.00. The first-order valence-electron chi connectivity index (χ1n) is 20.1. The van der Waals surface area contributed by atoms with E-state index in [0.717, 1.165) is 73.8 Å². The smallest absolute Gasteiger partial charge is 0.0973 e. The number of fused-ring (bicyclic) bond motifs is 5. The third-order valence-electron chi connectivity index (χ3n) is 10.8. The van der Waals surface area contributed by atoms with Crippen LogP contribution < -0.4 is 4.90 Å². The summed E-state index contributed by atoms with van der Waals surface area (Å²) < 4.78 is 2.28. The van der Waals surface area contributed by atoms with Crippen molar-refractivity contribution in [3.8, 4) is 33.6 Å². The van der Waals surface area contributed by atoms with E-state index >= 15 is 0 Å². The molecule has 0 amide bonds. The van der Waals surface area contributed by atoms with Crippen LogP contribution in [0.4, 0.5) is 17.1 Å². The van der Waals surface area contributed by atoms with Crippen LogP contribution in [0.2, 0.25) is 0 Å². The Labute approximate surface area is 345 Å². The molecular weight excluding hydrogens is 717 g/mol. The zero-order valence-electron chi connectivity index (χ0n) is 33.4. The van der Waals surface area contributed by atoms with Crippen molar-refractivity contribution < 1.29 is 0 Å². The number of rotatable bonds is 8. The average molecular weight is 761 g/mol. The Bertz CT molecular complexity index is 3120. The van der Waals surface area contributed by atoms with E-state index in [2.05, 4.69) is 182 Å². The van der Waals surface area contributed by atoms with Crippen LogP contribution in [-0.4, -0.2) is 14.5 Å². The minimum absolute atomic E-state index is 0.860. The Balaban J connectivity index is 0.00000108. The molecule has 0 saturated heterocycles. The van der Waals surface area contributed by atoms with Gasteiger partial charge in [0.2, 0.25) is 0 Å². The van der Waals surface area contributed by atoms with Crippen molar-refractivity contribution in [1.82, 2.24) is 14.5 Å². The maximum atomic E-state index is 5.15. The van der Waals surface area contributed by atoms with Gasteiger partial charge in [-0.2, -0.15) is 0 Å². The summed E-state index contributed by atoms with van der Waals surface area (Å²) in [4.78, 5) is 12.6. The van der Waals surface area contributed by atoms with Crippen molar-refractivity contribution in [1.29, 1.82) is 0 Å². The van der Waals surface area contributed by atoms with Crippen LogP contribution in [0.3, 0.4) is 0 Å². The van der Waals surface area contributed by atoms with Gasteiger partial charge < -0.3 is 9.47 Å². The average Bonchev–Trinajstić information content (AvgIpc) is 3.63. The summed E-state index contributed by atoms with van der Waals surface area (Å²) in [6.45, 7) is 12.0. The fraction of sp³-hybridized carbons (Fsp3) is 0.0545. The lowest BCUT2D eigenvalue weighted by molar-refractivity contribution is 1.21. The Morgan fingerprint density at radius 2 is 1.03 bits per heavy atom. The van der Waals surface area contributed by atoms with Crippen molar-refractivity contribution in [3.05, 3.63) is 207 Å². The van der Waals surface area contributed by atoms with Gasteiger partial charge in [-0.3, -0.25) is 0 Å². The van der Waals surface area contributed by atoms with Crippen LogP contribution in [0.15, 0.2) is 207 Å². The standard InChI is InChI=1S/C51H36N4.C4H8/c1-34(2)54-48-30-26-38(43-21-13-17-35-14-9-10-20-42(35)43)32-44(48)45-33-41(29-31-49(45)54)55(39-18-7-4-8-19-39)40-27-24-37(25-28-40)51-50(36-15-5-3-6-16-36)52-46-22-11-12-23-47(46)53-51;1-3-4-2/h3-33H,1H2,2H3;3H,1,4H2,2H3. The number of nitrogens with zero attached hydrogens (tertiary/aromatic N) is 4. The molecular formula is C55H44N4. The maximum Gasteiger partial charge on any atom is 0.0973 e. The molecule has 0 spiro atoms. The summed E-state index contributed by atoms with van der Waals surface area (Å²) >= 11 is 0. The van der Waals surface area contributed by atoms with Gasteiger partial charge in [0.15, 0.2) is 0 Å². The number of para-hydroxylation sites is 3. The molecule has 10 aromatic rings. The lowest BCUT2D eigenvalue weighted by Gasteiger charge is -2.26. The summed E-state index contributed by atoms with van der Waals surface area (Å²) in [7, 11) is 0. The Hall–Kier alpha value is -7.56. The Morgan fingerprint density at radius 1 is 0.525 bits per heavy atom. The van der Waals surface area contributed by atoms with E-state index < -0.39 is 0 Å². The molecule has 4 nitrogen and oxygen atoms in total. The predicted octanol–water partition coefficient (Wildman–Crippen LogP) is 15.4. The van der Waals surface area contributed by atoms with Crippen LogP contribution in [0.5, 0.6) is 0 Å². The lowest BCUT2D eigenvalue weighted by atomic mass is 9.97. The van der Waals surface area contributed by atoms with Gasteiger partial charge in [-0.15, -0.1) is 6.58 Å². The fourth-order valence-electron chi connectivity index (χ4n) is 8.00.